The second-order valence-electron chi connectivity index (χ2n) is 3.59. The molecule has 2 heterocycles. The summed E-state index contributed by atoms with van der Waals surface area (Å²) in [5.74, 6) is 0.651. The molecule has 2 rings (SSSR count). The van der Waals surface area contributed by atoms with Crippen molar-refractivity contribution in [2.24, 2.45) is 0 Å². The SMILES string of the molecule is Clc1cnc(NCC2COCCN2)c(Cl)c1. The highest BCUT2D eigenvalue weighted by atomic mass is 35.5. The lowest BCUT2D eigenvalue weighted by atomic mass is 10.3. The van der Waals surface area contributed by atoms with Gasteiger partial charge in [0, 0.05) is 25.3 Å². The molecule has 0 radical (unpaired) electrons. The van der Waals surface area contributed by atoms with Gasteiger partial charge in [0.2, 0.25) is 0 Å². The lowest BCUT2D eigenvalue weighted by molar-refractivity contribution is 0.0806. The number of rotatable bonds is 3. The van der Waals surface area contributed by atoms with Crippen LogP contribution in [0.2, 0.25) is 10.0 Å². The summed E-state index contributed by atoms with van der Waals surface area (Å²) in [4.78, 5) is 4.12. The molecule has 16 heavy (non-hydrogen) atoms. The molecule has 0 bridgehead atoms. The fraction of sp³-hybridized carbons (Fsp3) is 0.500. The number of nitrogens with one attached hydrogen (secondary N) is 2. The minimum absolute atomic E-state index is 0.294. The average molecular weight is 262 g/mol. The summed E-state index contributed by atoms with van der Waals surface area (Å²) in [6.07, 6.45) is 1.57. The van der Waals surface area contributed by atoms with Crippen molar-refractivity contribution >= 4 is 29.0 Å². The van der Waals surface area contributed by atoms with Crippen LogP contribution in [0, 0.1) is 0 Å². The minimum Gasteiger partial charge on any atom is -0.378 e. The molecule has 0 saturated carbocycles. The average Bonchev–Trinajstić information content (AvgIpc) is 2.29. The second kappa shape index (κ2) is 5.68. The Labute approximate surface area is 104 Å². The Morgan fingerprint density at radius 3 is 3.12 bits per heavy atom. The van der Waals surface area contributed by atoms with Crippen molar-refractivity contribution in [1.29, 1.82) is 0 Å². The number of aromatic nitrogens is 1. The number of morpholine rings is 1. The van der Waals surface area contributed by atoms with Crippen LogP contribution in [0.25, 0.3) is 0 Å². The first kappa shape index (κ1) is 11.9. The van der Waals surface area contributed by atoms with Crippen molar-refractivity contribution in [2.45, 2.75) is 6.04 Å². The molecule has 1 aromatic rings. The van der Waals surface area contributed by atoms with Crippen molar-refractivity contribution in [1.82, 2.24) is 10.3 Å². The summed E-state index contributed by atoms with van der Waals surface area (Å²) in [6, 6.07) is 1.96. The summed E-state index contributed by atoms with van der Waals surface area (Å²) in [6.45, 7) is 3.09. The molecular formula is C10H13Cl2N3O. The number of nitrogens with zero attached hydrogens (tertiary/aromatic N) is 1. The largest absolute Gasteiger partial charge is 0.378 e. The topological polar surface area (TPSA) is 46.2 Å². The first-order valence-corrected chi connectivity index (χ1v) is 5.87. The van der Waals surface area contributed by atoms with Crippen LogP contribution in [0.1, 0.15) is 0 Å². The summed E-state index contributed by atoms with van der Waals surface area (Å²) in [5, 5.41) is 7.57. The summed E-state index contributed by atoms with van der Waals surface area (Å²) in [7, 11) is 0. The van der Waals surface area contributed by atoms with Gasteiger partial charge in [0.05, 0.1) is 23.3 Å². The van der Waals surface area contributed by atoms with E-state index in [2.05, 4.69) is 15.6 Å². The number of halogens is 2. The van der Waals surface area contributed by atoms with Crippen LogP contribution in [0.15, 0.2) is 12.3 Å². The Morgan fingerprint density at radius 2 is 2.44 bits per heavy atom. The molecule has 1 atom stereocenters. The van der Waals surface area contributed by atoms with Crippen molar-refractivity contribution < 1.29 is 4.74 Å². The maximum absolute atomic E-state index is 5.99. The summed E-state index contributed by atoms with van der Waals surface area (Å²) in [5.41, 5.74) is 0. The third-order valence-electron chi connectivity index (χ3n) is 2.32. The first-order valence-electron chi connectivity index (χ1n) is 5.12. The molecule has 6 heteroatoms. The van der Waals surface area contributed by atoms with Gasteiger partial charge in [-0.15, -0.1) is 0 Å². The Hall–Kier alpha value is -0.550. The van der Waals surface area contributed by atoms with Crippen LogP contribution >= 0.6 is 23.2 Å². The van der Waals surface area contributed by atoms with Crippen molar-refractivity contribution in [2.75, 3.05) is 31.6 Å². The molecule has 0 aliphatic carbocycles. The Bertz CT molecular complexity index is 356. The van der Waals surface area contributed by atoms with Crippen LogP contribution < -0.4 is 10.6 Å². The van der Waals surface area contributed by atoms with Crippen LogP contribution in [0.3, 0.4) is 0 Å². The van der Waals surface area contributed by atoms with Gasteiger partial charge >= 0.3 is 0 Å². The summed E-state index contributed by atoms with van der Waals surface area (Å²) >= 11 is 11.7. The van der Waals surface area contributed by atoms with E-state index in [1.54, 1.807) is 12.3 Å². The Balaban J connectivity index is 1.88. The molecule has 0 aromatic carbocycles. The highest BCUT2D eigenvalue weighted by Gasteiger charge is 2.13. The maximum Gasteiger partial charge on any atom is 0.144 e. The highest BCUT2D eigenvalue weighted by Crippen LogP contribution is 2.22. The zero-order valence-corrected chi connectivity index (χ0v) is 10.2. The number of ether oxygens (including phenoxy) is 1. The molecule has 1 aromatic heterocycles. The van der Waals surface area contributed by atoms with E-state index in [1.165, 1.54) is 0 Å². The molecule has 0 spiro atoms. The molecule has 1 fully saturated rings. The molecule has 1 aliphatic rings. The lowest BCUT2D eigenvalue weighted by Gasteiger charge is -2.24. The predicted octanol–water partition coefficient (Wildman–Crippen LogP) is 1.79. The molecule has 4 nitrogen and oxygen atoms in total. The number of pyridine rings is 1. The zero-order chi connectivity index (χ0) is 11.4. The van der Waals surface area contributed by atoms with Crippen molar-refractivity contribution in [3.63, 3.8) is 0 Å². The first-order chi connectivity index (χ1) is 7.75. The zero-order valence-electron chi connectivity index (χ0n) is 8.67. The lowest BCUT2D eigenvalue weighted by Crippen LogP contribution is -2.45. The number of anilines is 1. The third-order valence-corrected chi connectivity index (χ3v) is 2.82. The molecular weight excluding hydrogens is 249 g/mol. The minimum atomic E-state index is 0.294. The van der Waals surface area contributed by atoms with Gasteiger partial charge in [0.1, 0.15) is 5.82 Å². The fourth-order valence-corrected chi connectivity index (χ4v) is 1.96. The van der Waals surface area contributed by atoms with Crippen LogP contribution in [-0.2, 0) is 4.74 Å². The van der Waals surface area contributed by atoms with E-state index in [1.807, 2.05) is 0 Å². The fourth-order valence-electron chi connectivity index (χ4n) is 1.52. The van der Waals surface area contributed by atoms with E-state index in [0.717, 1.165) is 19.7 Å². The van der Waals surface area contributed by atoms with Crippen LogP contribution in [0.4, 0.5) is 5.82 Å². The van der Waals surface area contributed by atoms with Gasteiger partial charge in [0.15, 0.2) is 0 Å². The quantitative estimate of drug-likeness (QED) is 0.871. The van der Waals surface area contributed by atoms with E-state index < -0.39 is 0 Å². The normalized spacial score (nSPS) is 20.8. The molecule has 1 aliphatic heterocycles. The monoisotopic (exact) mass is 261 g/mol. The Morgan fingerprint density at radius 1 is 1.56 bits per heavy atom. The molecule has 1 saturated heterocycles. The second-order valence-corrected chi connectivity index (χ2v) is 4.43. The van der Waals surface area contributed by atoms with Gasteiger partial charge < -0.3 is 15.4 Å². The van der Waals surface area contributed by atoms with Crippen LogP contribution in [-0.4, -0.2) is 37.3 Å². The van der Waals surface area contributed by atoms with Gasteiger partial charge in [0.25, 0.3) is 0 Å². The maximum atomic E-state index is 5.99. The van der Waals surface area contributed by atoms with E-state index in [4.69, 9.17) is 27.9 Å². The van der Waals surface area contributed by atoms with Gasteiger partial charge in [-0.3, -0.25) is 0 Å². The van der Waals surface area contributed by atoms with Gasteiger partial charge in [-0.1, -0.05) is 23.2 Å². The van der Waals surface area contributed by atoms with Crippen molar-refractivity contribution in [3.05, 3.63) is 22.3 Å². The number of hydrogen-bond donors (Lipinski definition) is 2. The van der Waals surface area contributed by atoms with Gasteiger partial charge in [-0.05, 0) is 6.07 Å². The highest BCUT2D eigenvalue weighted by molar-refractivity contribution is 6.35. The van der Waals surface area contributed by atoms with Gasteiger partial charge in [-0.25, -0.2) is 4.98 Å². The smallest absolute Gasteiger partial charge is 0.144 e. The van der Waals surface area contributed by atoms with Crippen molar-refractivity contribution in [3.8, 4) is 0 Å². The third kappa shape index (κ3) is 3.22. The standard InChI is InChI=1S/C10H13Cl2N3O/c11-7-3-9(12)10(14-4-7)15-5-8-6-16-2-1-13-8/h3-4,8,13H,1-2,5-6H2,(H,14,15). The molecule has 2 N–H and O–H groups in total. The molecule has 1 unspecified atom stereocenters. The number of hydrogen-bond acceptors (Lipinski definition) is 4. The molecule has 88 valence electrons. The predicted molar refractivity (Wildman–Crippen MR) is 65.4 cm³/mol. The van der Waals surface area contributed by atoms with E-state index in [-0.39, 0.29) is 0 Å². The Kier molecular flexibility index (Phi) is 4.23. The van der Waals surface area contributed by atoms with E-state index >= 15 is 0 Å². The van der Waals surface area contributed by atoms with Gasteiger partial charge in [-0.2, -0.15) is 0 Å². The van der Waals surface area contributed by atoms with E-state index in [0.29, 0.717) is 28.5 Å². The molecule has 0 amide bonds. The van der Waals surface area contributed by atoms with Crippen LogP contribution in [0.5, 0.6) is 0 Å². The summed E-state index contributed by atoms with van der Waals surface area (Å²) < 4.78 is 5.34. The van der Waals surface area contributed by atoms with E-state index in [9.17, 15) is 0 Å².